The summed E-state index contributed by atoms with van der Waals surface area (Å²) in [6, 6.07) is 13.1. The molecule has 2 amide bonds. The summed E-state index contributed by atoms with van der Waals surface area (Å²) in [6.45, 7) is 2.97. The van der Waals surface area contributed by atoms with Crippen molar-refractivity contribution in [3.63, 3.8) is 0 Å². The largest absolute Gasteiger partial charge is 0.354 e. The van der Waals surface area contributed by atoms with Crippen LogP contribution in [0.3, 0.4) is 0 Å². The number of rotatable bonds is 9. The Morgan fingerprint density at radius 1 is 1.00 bits per heavy atom. The van der Waals surface area contributed by atoms with Crippen molar-refractivity contribution in [1.29, 1.82) is 0 Å². The molecule has 2 aromatic carbocycles. The molecule has 1 aliphatic carbocycles. The SMILES string of the molecule is C[C@H](NCC1Cc2cccc(c2)CCCCc2cc(cc(N(C)S(=O)(=O)N(C)C)c2)C(=O)N1)C(=O)NCC1CC1. The van der Waals surface area contributed by atoms with Crippen molar-refractivity contribution in [2.45, 2.75) is 64.0 Å². The zero-order chi connectivity index (χ0) is 28.9. The minimum absolute atomic E-state index is 0.0383. The van der Waals surface area contributed by atoms with Gasteiger partial charge in [-0.2, -0.15) is 12.7 Å². The van der Waals surface area contributed by atoms with Crippen LogP contribution >= 0.6 is 0 Å². The summed E-state index contributed by atoms with van der Waals surface area (Å²) >= 11 is 0. The van der Waals surface area contributed by atoms with Gasteiger partial charge < -0.3 is 16.0 Å². The van der Waals surface area contributed by atoms with Crippen LogP contribution in [0.5, 0.6) is 0 Å². The van der Waals surface area contributed by atoms with Crippen molar-refractivity contribution in [2.75, 3.05) is 38.5 Å². The molecule has 9 nitrogen and oxygen atoms in total. The maximum absolute atomic E-state index is 13.6. The van der Waals surface area contributed by atoms with E-state index in [0.717, 1.165) is 41.1 Å². The highest BCUT2D eigenvalue weighted by molar-refractivity contribution is 7.90. The monoisotopic (exact) mass is 569 g/mol. The Morgan fingerprint density at radius 2 is 1.70 bits per heavy atom. The zero-order valence-corrected chi connectivity index (χ0v) is 24.9. The maximum Gasteiger partial charge on any atom is 0.303 e. The fraction of sp³-hybridized carbons (Fsp3) is 0.533. The van der Waals surface area contributed by atoms with Crippen molar-refractivity contribution in [3.05, 3.63) is 64.7 Å². The Labute approximate surface area is 238 Å². The molecule has 218 valence electrons. The van der Waals surface area contributed by atoms with Gasteiger partial charge in [0.05, 0.1) is 11.7 Å². The lowest BCUT2D eigenvalue weighted by Crippen LogP contribution is -2.49. The molecule has 0 saturated heterocycles. The van der Waals surface area contributed by atoms with Crippen LogP contribution < -0.4 is 20.3 Å². The van der Waals surface area contributed by atoms with E-state index in [2.05, 4.69) is 40.2 Å². The molecular weight excluding hydrogens is 526 g/mol. The molecule has 0 radical (unpaired) electrons. The quantitative estimate of drug-likeness (QED) is 0.430. The van der Waals surface area contributed by atoms with E-state index in [1.807, 2.05) is 19.1 Å². The standard InChI is InChI=1S/C30H43N5O4S/c1-21(29(36)32-19-23-12-13-23)31-20-27-16-24-11-7-10-22(14-24)8-5-6-9-25-15-26(30(37)33-27)18-28(17-25)35(4)40(38,39)34(2)3/h7,10-11,14-15,17-18,21,23,27,31H,5-6,8-9,12-13,16,19-20H2,1-4H3,(H,32,36)(H,33,37)/t21-,27?/m0/s1. The van der Waals surface area contributed by atoms with Gasteiger partial charge in [0.25, 0.3) is 5.91 Å². The van der Waals surface area contributed by atoms with Crippen LogP contribution in [0, 0.1) is 5.92 Å². The second kappa shape index (κ2) is 13.1. The first-order valence-electron chi connectivity index (χ1n) is 14.2. The third-order valence-corrected chi connectivity index (χ3v) is 9.55. The molecule has 2 aliphatic rings. The molecule has 1 aliphatic heterocycles. The fourth-order valence-electron chi connectivity index (χ4n) is 4.94. The molecular formula is C30H43N5O4S. The van der Waals surface area contributed by atoms with Crippen LogP contribution in [0.2, 0.25) is 0 Å². The Balaban J connectivity index is 1.57. The third kappa shape index (κ3) is 8.05. The molecule has 1 heterocycles. The van der Waals surface area contributed by atoms with E-state index in [4.69, 9.17) is 0 Å². The van der Waals surface area contributed by atoms with Gasteiger partial charge in [0, 0.05) is 45.8 Å². The highest BCUT2D eigenvalue weighted by atomic mass is 32.2. The summed E-state index contributed by atoms with van der Waals surface area (Å²) in [5.41, 5.74) is 4.17. The van der Waals surface area contributed by atoms with Crippen molar-refractivity contribution >= 4 is 27.7 Å². The molecule has 4 bridgehead atoms. The van der Waals surface area contributed by atoms with Gasteiger partial charge in [-0.3, -0.25) is 13.9 Å². The predicted octanol–water partition coefficient (Wildman–Crippen LogP) is 2.65. The van der Waals surface area contributed by atoms with Crippen LogP contribution in [-0.2, 0) is 34.3 Å². The van der Waals surface area contributed by atoms with Gasteiger partial charge in [-0.15, -0.1) is 0 Å². The molecule has 3 N–H and O–H groups in total. The van der Waals surface area contributed by atoms with Crippen molar-refractivity contribution in [1.82, 2.24) is 20.3 Å². The van der Waals surface area contributed by atoms with E-state index in [9.17, 15) is 18.0 Å². The van der Waals surface area contributed by atoms with Gasteiger partial charge in [-0.25, -0.2) is 0 Å². The molecule has 0 spiro atoms. The number of anilines is 1. The highest BCUT2D eigenvalue weighted by Crippen LogP contribution is 2.27. The van der Waals surface area contributed by atoms with E-state index >= 15 is 0 Å². The van der Waals surface area contributed by atoms with Gasteiger partial charge >= 0.3 is 10.2 Å². The average molecular weight is 570 g/mol. The molecule has 0 aromatic heterocycles. The summed E-state index contributed by atoms with van der Waals surface area (Å²) in [5.74, 6) is 0.294. The minimum atomic E-state index is -3.72. The first-order valence-corrected chi connectivity index (χ1v) is 15.6. The molecule has 1 fully saturated rings. The fourth-order valence-corrected chi connectivity index (χ4v) is 5.80. The number of carbonyl (C=O) groups is 2. The van der Waals surface area contributed by atoms with Gasteiger partial charge in [0.2, 0.25) is 5.91 Å². The topological polar surface area (TPSA) is 111 Å². The van der Waals surface area contributed by atoms with E-state index in [0.29, 0.717) is 36.7 Å². The van der Waals surface area contributed by atoms with Gasteiger partial charge in [0.15, 0.2) is 0 Å². The van der Waals surface area contributed by atoms with Crippen molar-refractivity contribution < 1.29 is 18.0 Å². The van der Waals surface area contributed by atoms with Crippen LogP contribution in [0.15, 0.2) is 42.5 Å². The number of carbonyl (C=O) groups excluding carboxylic acids is 2. The number of hydrogen-bond acceptors (Lipinski definition) is 5. The van der Waals surface area contributed by atoms with Crippen LogP contribution in [0.4, 0.5) is 5.69 Å². The maximum atomic E-state index is 13.6. The third-order valence-electron chi connectivity index (χ3n) is 7.73. The van der Waals surface area contributed by atoms with Gasteiger partial charge in [-0.1, -0.05) is 24.3 Å². The first kappa shape index (κ1) is 30.0. The lowest BCUT2D eigenvalue weighted by atomic mass is 9.97. The lowest BCUT2D eigenvalue weighted by molar-refractivity contribution is -0.122. The van der Waals surface area contributed by atoms with E-state index in [1.165, 1.54) is 43.9 Å². The lowest BCUT2D eigenvalue weighted by Gasteiger charge is -2.25. The van der Waals surface area contributed by atoms with Gasteiger partial charge in [0.1, 0.15) is 0 Å². The van der Waals surface area contributed by atoms with E-state index < -0.39 is 16.3 Å². The molecule has 2 atom stereocenters. The van der Waals surface area contributed by atoms with Crippen LogP contribution in [0.1, 0.15) is 59.7 Å². The summed E-state index contributed by atoms with van der Waals surface area (Å²) in [5, 5.41) is 9.48. The normalized spacial score (nSPS) is 18.9. The Hall–Kier alpha value is -2.95. The Kier molecular flexibility index (Phi) is 9.86. The summed E-state index contributed by atoms with van der Waals surface area (Å²) in [4.78, 5) is 26.2. The van der Waals surface area contributed by atoms with Crippen LogP contribution in [-0.4, -0.2) is 70.9 Å². The number of nitrogens with one attached hydrogen (secondary N) is 3. The molecule has 2 aromatic rings. The number of aryl methyl sites for hydroxylation is 2. The average Bonchev–Trinajstić information content (AvgIpc) is 3.76. The highest BCUT2D eigenvalue weighted by Gasteiger charge is 2.25. The smallest absolute Gasteiger partial charge is 0.303 e. The molecule has 4 rings (SSSR count). The number of nitrogens with zero attached hydrogens (tertiary/aromatic N) is 2. The number of hydrogen-bond donors (Lipinski definition) is 3. The summed E-state index contributed by atoms with van der Waals surface area (Å²) in [7, 11) is 0.763. The Morgan fingerprint density at radius 3 is 2.40 bits per heavy atom. The first-order chi connectivity index (χ1) is 19.0. The second-order valence-electron chi connectivity index (χ2n) is 11.4. The summed E-state index contributed by atoms with van der Waals surface area (Å²) < 4.78 is 28.1. The van der Waals surface area contributed by atoms with Crippen molar-refractivity contribution in [2.24, 2.45) is 5.92 Å². The Bertz CT molecular complexity index is 1310. The summed E-state index contributed by atoms with van der Waals surface area (Å²) in [6.07, 6.45) is 6.55. The number of benzene rings is 2. The molecule has 40 heavy (non-hydrogen) atoms. The molecule has 1 saturated carbocycles. The van der Waals surface area contributed by atoms with Crippen LogP contribution in [0.25, 0.3) is 0 Å². The van der Waals surface area contributed by atoms with Gasteiger partial charge in [-0.05, 0) is 92.7 Å². The number of fused-ring (bicyclic) bond motifs is 4. The predicted molar refractivity (Wildman–Crippen MR) is 159 cm³/mol. The molecule has 1 unspecified atom stereocenters. The van der Waals surface area contributed by atoms with Crippen molar-refractivity contribution in [3.8, 4) is 0 Å². The van der Waals surface area contributed by atoms with E-state index in [1.54, 1.807) is 6.07 Å². The zero-order valence-electron chi connectivity index (χ0n) is 24.1. The number of amides is 2. The molecule has 10 heteroatoms. The minimum Gasteiger partial charge on any atom is -0.354 e. The van der Waals surface area contributed by atoms with E-state index in [-0.39, 0.29) is 17.9 Å². The second-order valence-corrected chi connectivity index (χ2v) is 13.5.